The maximum Gasteiger partial charge on any atom is 0.302 e. The molecule has 2 aliphatic rings. The van der Waals surface area contributed by atoms with Gasteiger partial charge in [-0.25, -0.2) is 0 Å². The van der Waals surface area contributed by atoms with Crippen LogP contribution in [0.5, 0.6) is 0 Å². The van der Waals surface area contributed by atoms with Gasteiger partial charge in [-0.05, 0) is 18.8 Å². The molecule has 2 fully saturated rings. The maximum atomic E-state index is 10.7. The van der Waals surface area contributed by atoms with Crippen LogP contribution in [-0.4, -0.2) is 24.3 Å². The summed E-state index contributed by atoms with van der Waals surface area (Å²) in [6, 6.07) is 2.12. The molecule has 0 amide bonds. The number of rotatable bonds is 1. The van der Waals surface area contributed by atoms with Gasteiger partial charge in [0.25, 0.3) is 0 Å². The molecule has 4 heteroatoms. The second kappa shape index (κ2) is 3.58. The highest BCUT2D eigenvalue weighted by Gasteiger charge is 2.43. The number of hydrogen-bond acceptors (Lipinski definition) is 4. The number of esters is 1. The van der Waals surface area contributed by atoms with Crippen LogP contribution in [0.25, 0.3) is 0 Å². The molecular weight excluding hydrogens is 182 g/mol. The van der Waals surface area contributed by atoms with Crippen LogP contribution in [0.4, 0.5) is 0 Å². The van der Waals surface area contributed by atoms with Crippen molar-refractivity contribution in [2.45, 2.75) is 44.5 Å². The summed E-state index contributed by atoms with van der Waals surface area (Å²) >= 11 is 0. The minimum Gasteiger partial charge on any atom is -0.462 e. The van der Waals surface area contributed by atoms with Gasteiger partial charge in [0.1, 0.15) is 12.2 Å². The van der Waals surface area contributed by atoms with E-state index in [0.29, 0.717) is 5.92 Å². The summed E-state index contributed by atoms with van der Waals surface area (Å²) in [7, 11) is 0. The highest BCUT2D eigenvalue weighted by Crippen LogP contribution is 2.40. The fourth-order valence-corrected chi connectivity index (χ4v) is 2.41. The van der Waals surface area contributed by atoms with E-state index in [1.807, 2.05) is 0 Å². The standard InChI is InChI=1S/C10H13NO3/c1-6(12)13-8-2-7-3-9(5-11)14-10(7)4-8/h7-10H,2-4H2,1H3. The fourth-order valence-electron chi connectivity index (χ4n) is 2.41. The maximum absolute atomic E-state index is 10.7. The van der Waals surface area contributed by atoms with Crippen LogP contribution in [0, 0.1) is 17.2 Å². The van der Waals surface area contributed by atoms with Crippen molar-refractivity contribution in [3.63, 3.8) is 0 Å². The SMILES string of the molecule is CC(=O)OC1CC2CC(C#N)OC2C1. The number of ether oxygens (including phenoxy) is 2. The second-order valence-corrected chi connectivity index (χ2v) is 3.99. The minimum atomic E-state index is -0.247. The average molecular weight is 195 g/mol. The van der Waals surface area contributed by atoms with E-state index in [1.54, 1.807) is 0 Å². The molecule has 1 heterocycles. The summed E-state index contributed by atoms with van der Waals surface area (Å²) in [5.41, 5.74) is 0. The minimum absolute atomic E-state index is 0.00198. The van der Waals surface area contributed by atoms with Crippen molar-refractivity contribution in [1.82, 2.24) is 0 Å². The van der Waals surface area contributed by atoms with Gasteiger partial charge < -0.3 is 9.47 Å². The third-order valence-corrected chi connectivity index (χ3v) is 2.92. The smallest absolute Gasteiger partial charge is 0.302 e. The largest absolute Gasteiger partial charge is 0.462 e. The van der Waals surface area contributed by atoms with E-state index < -0.39 is 0 Å². The zero-order chi connectivity index (χ0) is 10.1. The van der Waals surface area contributed by atoms with Gasteiger partial charge in [-0.3, -0.25) is 4.79 Å². The van der Waals surface area contributed by atoms with E-state index in [9.17, 15) is 4.79 Å². The van der Waals surface area contributed by atoms with Crippen molar-refractivity contribution in [2.24, 2.45) is 5.92 Å². The van der Waals surface area contributed by atoms with Crippen LogP contribution in [0.15, 0.2) is 0 Å². The quantitative estimate of drug-likeness (QED) is 0.586. The predicted octanol–water partition coefficient (Wildman–Crippen LogP) is 1.01. The lowest BCUT2D eigenvalue weighted by atomic mass is 10.0. The molecule has 1 aliphatic heterocycles. The summed E-state index contributed by atoms with van der Waals surface area (Å²) in [5.74, 6) is 0.177. The van der Waals surface area contributed by atoms with Crippen LogP contribution in [-0.2, 0) is 14.3 Å². The van der Waals surface area contributed by atoms with Gasteiger partial charge in [0, 0.05) is 13.3 Å². The Labute approximate surface area is 82.8 Å². The number of nitrogens with zero attached hydrogens (tertiary/aromatic N) is 1. The number of carbonyl (C=O) groups is 1. The molecule has 4 atom stereocenters. The van der Waals surface area contributed by atoms with Gasteiger partial charge in [-0.2, -0.15) is 5.26 Å². The number of fused-ring (bicyclic) bond motifs is 1. The molecule has 76 valence electrons. The second-order valence-electron chi connectivity index (χ2n) is 3.99. The van der Waals surface area contributed by atoms with Crippen LogP contribution in [0.2, 0.25) is 0 Å². The van der Waals surface area contributed by atoms with Gasteiger partial charge in [0.05, 0.1) is 12.2 Å². The van der Waals surface area contributed by atoms with E-state index in [0.717, 1.165) is 19.3 Å². The Hall–Kier alpha value is -1.08. The number of carbonyl (C=O) groups excluding carboxylic acids is 1. The summed E-state index contributed by atoms with van der Waals surface area (Å²) in [6.07, 6.45) is 2.28. The lowest BCUT2D eigenvalue weighted by Gasteiger charge is -2.11. The first-order valence-electron chi connectivity index (χ1n) is 4.91. The van der Waals surface area contributed by atoms with Gasteiger partial charge in [-0.1, -0.05) is 0 Å². The molecule has 2 rings (SSSR count). The number of nitriles is 1. The average Bonchev–Trinajstić information content (AvgIpc) is 2.59. The highest BCUT2D eigenvalue weighted by atomic mass is 16.5. The van der Waals surface area contributed by atoms with Crippen molar-refractivity contribution in [3.05, 3.63) is 0 Å². The van der Waals surface area contributed by atoms with E-state index in [4.69, 9.17) is 14.7 Å². The van der Waals surface area contributed by atoms with Gasteiger partial charge in [-0.15, -0.1) is 0 Å². The van der Waals surface area contributed by atoms with Crippen LogP contribution < -0.4 is 0 Å². The Morgan fingerprint density at radius 3 is 2.86 bits per heavy atom. The Kier molecular flexibility index (Phi) is 2.42. The topological polar surface area (TPSA) is 59.3 Å². The molecule has 1 saturated carbocycles. The molecule has 1 saturated heterocycles. The van der Waals surface area contributed by atoms with Gasteiger partial charge in [0.2, 0.25) is 0 Å². The number of hydrogen-bond donors (Lipinski definition) is 0. The normalized spacial score (nSPS) is 40.3. The van der Waals surface area contributed by atoms with Crippen molar-refractivity contribution in [1.29, 1.82) is 5.26 Å². The lowest BCUT2D eigenvalue weighted by Crippen LogP contribution is -2.16. The van der Waals surface area contributed by atoms with Gasteiger partial charge >= 0.3 is 5.97 Å². The third-order valence-electron chi connectivity index (χ3n) is 2.92. The summed E-state index contributed by atoms with van der Waals surface area (Å²) in [6.45, 7) is 1.42. The van der Waals surface area contributed by atoms with Crippen molar-refractivity contribution >= 4 is 5.97 Å². The highest BCUT2D eigenvalue weighted by molar-refractivity contribution is 5.66. The van der Waals surface area contributed by atoms with Gasteiger partial charge in [0.15, 0.2) is 0 Å². The van der Waals surface area contributed by atoms with Crippen molar-refractivity contribution in [2.75, 3.05) is 0 Å². The molecule has 4 nitrogen and oxygen atoms in total. The zero-order valence-electron chi connectivity index (χ0n) is 8.10. The molecule has 0 bridgehead atoms. The van der Waals surface area contributed by atoms with Crippen LogP contribution in [0.1, 0.15) is 26.2 Å². The first kappa shape index (κ1) is 9.47. The first-order chi connectivity index (χ1) is 6.69. The van der Waals surface area contributed by atoms with Crippen molar-refractivity contribution < 1.29 is 14.3 Å². The van der Waals surface area contributed by atoms with E-state index >= 15 is 0 Å². The van der Waals surface area contributed by atoms with E-state index in [1.165, 1.54) is 6.92 Å². The third kappa shape index (κ3) is 1.73. The zero-order valence-corrected chi connectivity index (χ0v) is 8.10. The Bertz CT molecular complexity index is 270. The lowest BCUT2D eigenvalue weighted by molar-refractivity contribution is -0.146. The Morgan fingerprint density at radius 2 is 2.29 bits per heavy atom. The summed E-state index contributed by atoms with van der Waals surface area (Å²) < 4.78 is 10.6. The van der Waals surface area contributed by atoms with Crippen molar-refractivity contribution in [3.8, 4) is 6.07 Å². The molecule has 0 aromatic heterocycles. The molecule has 0 radical (unpaired) electrons. The molecule has 0 aromatic rings. The Morgan fingerprint density at radius 1 is 1.50 bits per heavy atom. The molecule has 14 heavy (non-hydrogen) atoms. The van der Waals surface area contributed by atoms with Crippen LogP contribution in [0.3, 0.4) is 0 Å². The molecule has 4 unspecified atom stereocenters. The Balaban J connectivity index is 1.88. The van der Waals surface area contributed by atoms with E-state index in [-0.39, 0.29) is 24.3 Å². The predicted molar refractivity (Wildman–Crippen MR) is 47.2 cm³/mol. The fraction of sp³-hybridized carbons (Fsp3) is 0.800. The molecule has 0 N–H and O–H groups in total. The molecular formula is C10H13NO3. The molecule has 0 aromatic carbocycles. The van der Waals surface area contributed by atoms with E-state index in [2.05, 4.69) is 6.07 Å². The van der Waals surface area contributed by atoms with Crippen LogP contribution >= 0.6 is 0 Å². The molecule has 0 spiro atoms. The monoisotopic (exact) mass is 195 g/mol. The summed E-state index contributed by atoms with van der Waals surface area (Å²) in [5, 5.41) is 8.67. The summed E-state index contributed by atoms with van der Waals surface area (Å²) in [4.78, 5) is 10.7. The first-order valence-corrected chi connectivity index (χ1v) is 4.91. The molecule has 1 aliphatic carbocycles.